The van der Waals surface area contributed by atoms with Crippen LogP contribution in [0.15, 0.2) is 22.7 Å². The van der Waals surface area contributed by atoms with Crippen LogP contribution >= 0.6 is 15.9 Å². The van der Waals surface area contributed by atoms with Gasteiger partial charge in [0.15, 0.2) is 11.5 Å². The van der Waals surface area contributed by atoms with E-state index in [1.165, 1.54) is 10.7 Å². The summed E-state index contributed by atoms with van der Waals surface area (Å²) in [6.45, 7) is 3.65. The summed E-state index contributed by atoms with van der Waals surface area (Å²) in [6.07, 6.45) is 0.915. The molecule has 0 spiro atoms. The first-order valence-electron chi connectivity index (χ1n) is 6.01. The number of Topliss-reactive ketones (excluding diaryl/α,β-unsaturated/α-hetero) is 1. The molecule has 4 nitrogen and oxygen atoms in total. The minimum atomic E-state index is -0.413. The van der Waals surface area contributed by atoms with Crippen LogP contribution in [0.5, 0.6) is 0 Å². The van der Waals surface area contributed by atoms with Gasteiger partial charge >= 0.3 is 0 Å². The first-order chi connectivity index (χ1) is 9.08. The van der Waals surface area contributed by atoms with Crippen molar-refractivity contribution in [2.24, 2.45) is 0 Å². The van der Waals surface area contributed by atoms with Crippen molar-refractivity contribution < 1.29 is 9.18 Å². The highest BCUT2D eigenvalue weighted by atomic mass is 79.9. The molecular weight excluding hydrogens is 313 g/mol. The largest absolute Gasteiger partial charge is 0.292 e. The van der Waals surface area contributed by atoms with Crippen LogP contribution in [-0.2, 0) is 6.42 Å². The number of benzene rings is 1. The number of carbonyl (C=O) groups excluding carboxylic acids is 1. The topological polar surface area (TPSA) is 47.8 Å². The van der Waals surface area contributed by atoms with Crippen LogP contribution < -0.4 is 0 Å². The Kier molecular flexibility index (Phi) is 4.09. The smallest absolute Gasteiger partial charge is 0.184 e. The number of hydrogen-bond donors (Lipinski definition) is 0. The van der Waals surface area contributed by atoms with Crippen molar-refractivity contribution in [1.82, 2.24) is 15.0 Å². The molecule has 0 aliphatic heterocycles. The minimum Gasteiger partial charge on any atom is -0.292 e. The molecule has 0 unspecified atom stereocenters. The van der Waals surface area contributed by atoms with Crippen LogP contribution in [0.25, 0.3) is 5.69 Å². The van der Waals surface area contributed by atoms with Crippen LogP contribution in [0.4, 0.5) is 4.39 Å². The number of hydrogen-bond acceptors (Lipinski definition) is 3. The van der Waals surface area contributed by atoms with Crippen molar-refractivity contribution in [2.75, 3.05) is 0 Å². The van der Waals surface area contributed by atoms with Crippen LogP contribution in [0.1, 0.15) is 36.5 Å². The Morgan fingerprint density at radius 2 is 2.16 bits per heavy atom. The van der Waals surface area contributed by atoms with Crippen LogP contribution in [0.3, 0.4) is 0 Å². The molecule has 2 aromatic rings. The zero-order valence-electron chi connectivity index (χ0n) is 10.7. The number of halogens is 2. The second kappa shape index (κ2) is 5.61. The second-order valence-corrected chi connectivity index (χ2v) is 4.94. The Bertz CT molecular complexity index is 624. The first-order valence-corrected chi connectivity index (χ1v) is 6.81. The van der Waals surface area contributed by atoms with Crippen molar-refractivity contribution >= 4 is 21.7 Å². The predicted octanol–water partition coefficient (Wildman–Crippen LogP) is 3.32. The number of carbonyl (C=O) groups is 1. The number of nitrogens with zero attached hydrogens (tertiary/aromatic N) is 3. The molecule has 2 rings (SSSR count). The van der Waals surface area contributed by atoms with Gasteiger partial charge in [0.1, 0.15) is 11.5 Å². The van der Waals surface area contributed by atoms with Gasteiger partial charge in [0, 0.05) is 10.9 Å². The van der Waals surface area contributed by atoms with Crippen molar-refractivity contribution in [2.45, 2.75) is 26.7 Å². The maximum absolute atomic E-state index is 13.9. The molecule has 0 bridgehead atoms. The van der Waals surface area contributed by atoms with Gasteiger partial charge in [0.25, 0.3) is 0 Å². The number of ketones is 1. The van der Waals surface area contributed by atoms with Gasteiger partial charge in [-0.15, -0.1) is 5.10 Å². The van der Waals surface area contributed by atoms with Crippen LogP contribution in [0, 0.1) is 5.82 Å². The molecule has 100 valence electrons. The van der Waals surface area contributed by atoms with E-state index in [1.807, 2.05) is 6.92 Å². The molecule has 0 radical (unpaired) electrons. The molecule has 0 N–H and O–H groups in total. The molecule has 6 heteroatoms. The zero-order chi connectivity index (χ0) is 14.0. The summed E-state index contributed by atoms with van der Waals surface area (Å²) in [7, 11) is 0. The van der Waals surface area contributed by atoms with Crippen molar-refractivity contribution in [3.8, 4) is 5.69 Å². The highest BCUT2D eigenvalue weighted by Gasteiger charge is 2.19. The van der Waals surface area contributed by atoms with E-state index in [1.54, 1.807) is 19.1 Å². The molecule has 0 amide bonds. The van der Waals surface area contributed by atoms with Crippen molar-refractivity contribution in [3.63, 3.8) is 0 Å². The quantitative estimate of drug-likeness (QED) is 0.810. The molecule has 0 aliphatic carbocycles. The Labute approximate surface area is 118 Å². The third-order valence-electron chi connectivity index (χ3n) is 2.82. The maximum atomic E-state index is 13.9. The maximum Gasteiger partial charge on any atom is 0.184 e. The predicted molar refractivity (Wildman–Crippen MR) is 73.0 cm³/mol. The molecule has 0 fully saturated rings. The molecule has 1 heterocycles. The first kappa shape index (κ1) is 13.9. The zero-order valence-corrected chi connectivity index (χ0v) is 12.2. The van der Waals surface area contributed by atoms with E-state index >= 15 is 0 Å². The average molecular weight is 326 g/mol. The van der Waals surface area contributed by atoms with E-state index in [9.17, 15) is 9.18 Å². The van der Waals surface area contributed by atoms with Gasteiger partial charge < -0.3 is 0 Å². The van der Waals surface area contributed by atoms with E-state index in [-0.39, 0.29) is 5.78 Å². The molecule has 0 saturated heterocycles. The van der Waals surface area contributed by atoms with Gasteiger partial charge in [-0.25, -0.2) is 9.07 Å². The van der Waals surface area contributed by atoms with Crippen molar-refractivity contribution in [1.29, 1.82) is 0 Å². The summed E-state index contributed by atoms with van der Waals surface area (Å²) in [5.74, 6) is -0.495. The fraction of sp³-hybridized carbons (Fsp3) is 0.308. The van der Waals surface area contributed by atoms with E-state index in [4.69, 9.17) is 0 Å². The van der Waals surface area contributed by atoms with Gasteiger partial charge in [0.2, 0.25) is 0 Å². The van der Waals surface area contributed by atoms with E-state index in [0.717, 1.165) is 0 Å². The number of aromatic nitrogens is 3. The fourth-order valence-corrected chi connectivity index (χ4v) is 2.18. The summed E-state index contributed by atoms with van der Waals surface area (Å²) < 4.78 is 16.0. The van der Waals surface area contributed by atoms with Crippen LogP contribution in [-0.4, -0.2) is 20.8 Å². The Morgan fingerprint density at radius 1 is 1.42 bits per heavy atom. The molecule has 0 aliphatic rings. The highest BCUT2D eigenvalue weighted by molar-refractivity contribution is 9.10. The summed E-state index contributed by atoms with van der Waals surface area (Å²) in [4.78, 5) is 11.8. The minimum absolute atomic E-state index is 0.0828. The third kappa shape index (κ3) is 2.58. The lowest BCUT2D eigenvalue weighted by Gasteiger charge is -2.07. The summed E-state index contributed by atoms with van der Waals surface area (Å²) in [5, 5.41) is 7.79. The molecule has 0 saturated carbocycles. The van der Waals surface area contributed by atoms with E-state index in [0.29, 0.717) is 34.4 Å². The lowest BCUT2D eigenvalue weighted by molar-refractivity contribution is 0.0982. The lowest BCUT2D eigenvalue weighted by atomic mass is 10.1. The molecular formula is C13H13BrFN3O. The van der Waals surface area contributed by atoms with Crippen molar-refractivity contribution in [3.05, 3.63) is 39.9 Å². The molecule has 0 atom stereocenters. The Balaban J connectivity index is 2.57. The lowest BCUT2D eigenvalue weighted by Crippen LogP contribution is -2.07. The van der Waals surface area contributed by atoms with Gasteiger partial charge in [-0.2, -0.15) is 0 Å². The normalized spacial score (nSPS) is 10.7. The monoisotopic (exact) mass is 325 g/mol. The molecule has 1 aromatic heterocycles. The molecule has 19 heavy (non-hydrogen) atoms. The third-order valence-corrected chi connectivity index (χ3v) is 3.31. The summed E-state index contributed by atoms with van der Waals surface area (Å²) in [5.41, 5.74) is 1.25. The van der Waals surface area contributed by atoms with Gasteiger partial charge in [0.05, 0.1) is 5.69 Å². The van der Waals surface area contributed by atoms with Gasteiger partial charge in [-0.05, 0) is 24.6 Å². The standard InChI is InChI=1S/C13H13BrFN3O/c1-3-10-13(12(19)4-2)16-17-18(10)11-6-5-8(14)7-9(11)15/h5-7H,3-4H2,1-2H3. The van der Waals surface area contributed by atoms with Gasteiger partial charge in [-0.3, -0.25) is 4.79 Å². The number of rotatable bonds is 4. The van der Waals surface area contributed by atoms with Gasteiger partial charge in [-0.1, -0.05) is 35.0 Å². The summed E-state index contributed by atoms with van der Waals surface area (Å²) in [6, 6.07) is 4.69. The SMILES string of the molecule is CCC(=O)c1nnn(-c2ccc(Br)cc2F)c1CC. The highest BCUT2D eigenvalue weighted by Crippen LogP contribution is 2.21. The fourth-order valence-electron chi connectivity index (χ4n) is 1.85. The molecule has 1 aromatic carbocycles. The van der Waals surface area contributed by atoms with E-state index < -0.39 is 5.82 Å². The Morgan fingerprint density at radius 3 is 2.74 bits per heavy atom. The average Bonchev–Trinajstić information content (AvgIpc) is 2.81. The Hall–Kier alpha value is -1.56. The van der Waals surface area contributed by atoms with E-state index in [2.05, 4.69) is 26.2 Å². The summed E-state index contributed by atoms with van der Waals surface area (Å²) >= 11 is 3.20. The van der Waals surface area contributed by atoms with Crippen LogP contribution in [0.2, 0.25) is 0 Å². The second-order valence-electron chi connectivity index (χ2n) is 4.02.